The minimum absolute atomic E-state index is 0.0116. The van der Waals surface area contributed by atoms with Crippen LogP contribution in [-0.2, 0) is 4.79 Å². The third kappa shape index (κ3) is 4.54. The van der Waals surface area contributed by atoms with E-state index in [1.807, 2.05) is 36.4 Å². The van der Waals surface area contributed by atoms with Gasteiger partial charge in [-0.3, -0.25) is 4.79 Å². The van der Waals surface area contributed by atoms with Crippen LogP contribution in [-0.4, -0.2) is 29.0 Å². The highest BCUT2D eigenvalue weighted by Crippen LogP contribution is 2.25. The van der Waals surface area contributed by atoms with Crippen LogP contribution >= 0.6 is 11.6 Å². The normalized spacial score (nSPS) is 16.5. The van der Waals surface area contributed by atoms with Crippen molar-refractivity contribution >= 4 is 29.0 Å². The number of hydrogen-bond donors (Lipinski definition) is 1. The number of anilines is 2. The fraction of sp³-hybridized carbons (Fsp3) is 0.227. The first-order chi connectivity index (χ1) is 14.1. The second kappa shape index (κ2) is 8.57. The fourth-order valence-corrected chi connectivity index (χ4v) is 3.65. The van der Waals surface area contributed by atoms with Crippen LogP contribution in [0.25, 0.3) is 11.4 Å². The molecule has 1 saturated heterocycles. The van der Waals surface area contributed by atoms with Crippen molar-refractivity contribution in [1.29, 1.82) is 0 Å². The molecule has 1 amide bonds. The molecule has 0 radical (unpaired) electrons. The van der Waals surface area contributed by atoms with E-state index in [1.54, 1.807) is 6.20 Å². The molecule has 29 heavy (non-hydrogen) atoms. The Bertz CT molecular complexity index is 1010. The largest absolute Gasteiger partial charge is 0.356 e. The zero-order valence-electron chi connectivity index (χ0n) is 15.7. The summed E-state index contributed by atoms with van der Waals surface area (Å²) >= 11 is 5.80. The smallest absolute Gasteiger partial charge is 0.229 e. The first-order valence-electron chi connectivity index (χ1n) is 9.49. The van der Waals surface area contributed by atoms with E-state index in [-0.39, 0.29) is 16.8 Å². The van der Waals surface area contributed by atoms with E-state index in [0.717, 1.165) is 30.8 Å². The van der Waals surface area contributed by atoms with Gasteiger partial charge in [-0.25, -0.2) is 14.4 Å². The number of nitrogens with zero attached hydrogens (tertiary/aromatic N) is 3. The standard InChI is InChI=1S/C22H20ClFN4O/c23-18-13-17(8-9-19(18)24)26-22(29)16-7-4-12-28(14-16)20-10-11-25-21(27-20)15-5-2-1-3-6-15/h1-3,5-6,8-11,13,16H,4,7,12,14H2,(H,26,29)/t16-/m0/s1. The zero-order chi connectivity index (χ0) is 20.2. The number of amides is 1. The van der Waals surface area contributed by atoms with Gasteiger partial charge in [-0.2, -0.15) is 0 Å². The van der Waals surface area contributed by atoms with Gasteiger partial charge in [-0.15, -0.1) is 0 Å². The van der Waals surface area contributed by atoms with Crippen molar-refractivity contribution in [2.75, 3.05) is 23.3 Å². The molecule has 5 nitrogen and oxygen atoms in total. The maximum absolute atomic E-state index is 13.3. The predicted octanol–water partition coefficient (Wildman–Crippen LogP) is 4.79. The van der Waals surface area contributed by atoms with Gasteiger partial charge in [0.15, 0.2) is 5.82 Å². The van der Waals surface area contributed by atoms with Crippen LogP contribution in [0, 0.1) is 11.7 Å². The Kier molecular flexibility index (Phi) is 5.71. The lowest BCUT2D eigenvalue weighted by atomic mass is 9.97. The lowest BCUT2D eigenvalue weighted by molar-refractivity contribution is -0.120. The summed E-state index contributed by atoms with van der Waals surface area (Å²) in [5.41, 5.74) is 1.45. The Morgan fingerprint density at radius 3 is 2.79 bits per heavy atom. The monoisotopic (exact) mass is 410 g/mol. The zero-order valence-corrected chi connectivity index (χ0v) is 16.4. The van der Waals surface area contributed by atoms with Crippen LogP contribution in [0.3, 0.4) is 0 Å². The summed E-state index contributed by atoms with van der Waals surface area (Å²) in [4.78, 5) is 23.9. The van der Waals surface area contributed by atoms with E-state index in [2.05, 4.69) is 20.2 Å². The molecule has 0 unspecified atom stereocenters. The number of carbonyl (C=O) groups is 1. The average Bonchev–Trinajstić information content (AvgIpc) is 2.77. The number of hydrogen-bond acceptors (Lipinski definition) is 4. The molecule has 7 heteroatoms. The Balaban J connectivity index is 1.47. The van der Waals surface area contributed by atoms with Crippen LogP contribution in [0.5, 0.6) is 0 Å². The third-order valence-electron chi connectivity index (χ3n) is 4.98. The lowest BCUT2D eigenvalue weighted by Crippen LogP contribution is -2.41. The number of rotatable bonds is 4. The molecule has 1 aliphatic heterocycles. The van der Waals surface area contributed by atoms with Gasteiger partial charge in [-0.1, -0.05) is 41.9 Å². The molecule has 3 aromatic rings. The minimum atomic E-state index is -0.508. The van der Waals surface area contributed by atoms with Gasteiger partial charge in [0.2, 0.25) is 5.91 Å². The summed E-state index contributed by atoms with van der Waals surface area (Å²) in [6.07, 6.45) is 3.41. The molecule has 1 fully saturated rings. The lowest BCUT2D eigenvalue weighted by Gasteiger charge is -2.33. The Morgan fingerprint density at radius 2 is 2.00 bits per heavy atom. The van der Waals surface area contributed by atoms with Crippen LogP contribution in [0.2, 0.25) is 5.02 Å². The summed E-state index contributed by atoms with van der Waals surface area (Å²) in [5, 5.41) is 2.83. The molecule has 0 saturated carbocycles. The molecule has 0 spiro atoms. The maximum Gasteiger partial charge on any atom is 0.229 e. The maximum atomic E-state index is 13.3. The van der Waals surface area contributed by atoms with Gasteiger partial charge in [0, 0.05) is 30.5 Å². The summed E-state index contributed by atoms with van der Waals surface area (Å²) in [5.74, 6) is 0.667. The fourth-order valence-electron chi connectivity index (χ4n) is 3.47. The molecule has 4 rings (SSSR count). The van der Waals surface area contributed by atoms with E-state index in [1.165, 1.54) is 18.2 Å². The Hall–Kier alpha value is -2.99. The van der Waals surface area contributed by atoms with Gasteiger partial charge < -0.3 is 10.2 Å². The molecular weight excluding hydrogens is 391 g/mol. The van der Waals surface area contributed by atoms with Crippen molar-refractivity contribution in [3.05, 3.63) is 71.6 Å². The van der Waals surface area contributed by atoms with Gasteiger partial charge in [-0.05, 0) is 37.1 Å². The summed E-state index contributed by atoms with van der Waals surface area (Å²) < 4.78 is 13.3. The van der Waals surface area contributed by atoms with E-state index in [0.29, 0.717) is 18.1 Å². The van der Waals surface area contributed by atoms with E-state index >= 15 is 0 Å². The van der Waals surface area contributed by atoms with Crippen LogP contribution < -0.4 is 10.2 Å². The number of benzene rings is 2. The highest BCUT2D eigenvalue weighted by molar-refractivity contribution is 6.31. The van der Waals surface area contributed by atoms with Crippen molar-refractivity contribution in [3.8, 4) is 11.4 Å². The molecule has 0 bridgehead atoms. The van der Waals surface area contributed by atoms with Crippen molar-refractivity contribution in [2.45, 2.75) is 12.8 Å². The predicted molar refractivity (Wildman–Crippen MR) is 112 cm³/mol. The molecule has 2 aromatic carbocycles. The highest BCUT2D eigenvalue weighted by atomic mass is 35.5. The number of halogens is 2. The first kappa shape index (κ1) is 19.3. The summed E-state index contributed by atoms with van der Waals surface area (Å²) in [6, 6.07) is 15.8. The quantitative estimate of drug-likeness (QED) is 0.671. The average molecular weight is 411 g/mol. The highest BCUT2D eigenvalue weighted by Gasteiger charge is 2.27. The van der Waals surface area contributed by atoms with Gasteiger partial charge >= 0.3 is 0 Å². The topological polar surface area (TPSA) is 58.1 Å². The van der Waals surface area contributed by atoms with Crippen LogP contribution in [0.15, 0.2) is 60.8 Å². The summed E-state index contributed by atoms with van der Waals surface area (Å²) in [7, 11) is 0. The Morgan fingerprint density at radius 1 is 1.17 bits per heavy atom. The van der Waals surface area contributed by atoms with Crippen molar-refractivity contribution in [2.24, 2.45) is 5.92 Å². The first-order valence-corrected chi connectivity index (χ1v) is 9.87. The minimum Gasteiger partial charge on any atom is -0.356 e. The molecule has 1 atom stereocenters. The van der Waals surface area contributed by atoms with Crippen molar-refractivity contribution in [1.82, 2.24) is 9.97 Å². The molecule has 0 aliphatic carbocycles. The van der Waals surface area contributed by atoms with Gasteiger partial charge in [0.1, 0.15) is 11.6 Å². The number of aromatic nitrogens is 2. The number of piperidine rings is 1. The van der Waals surface area contributed by atoms with Gasteiger partial charge in [0.25, 0.3) is 0 Å². The SMILES string of the molecule is O=C(Nc1ccc(F)c(Cl)c1)[C@H]1CCCN(c2ccnc(-c3ccccc3)n2)C1. The van der Waals surface area contributed by atoms with Gasteiger partial charge in [0.05, 0.1) is 10.9 Å². The molecule has 1 aromatic heterocycles. The molecule has 1 N–H and O–H groups in total. The molecule has 2 heterocycles. The third-order valence-corrected chi connectivity index (χ3v) is 5.27. The molecule has 148 valence electrons. The van der Waals surface area contributed by atoms with Crippen molar-refractivity contribution in [3.63, 3.8) is 0 Å². The number of nitrogens with one attached hydrogen (secondary N) is 1. The Labute approximate surface area is 173 Å². The number of carbonyl (C=O) groups excluding carboxylic acids is 1. The van der Waals surface area contributed by atoms with E-state index in [4.69, 9.17) is 11.6 Å². The van der Waals surface area contributed by atoms with E-state index in [9.17, 15) is 9.18 Å². The van der Waals surface area contributed by atoms with Crippen molar-refractivity contribution < 1.29 is 9.18 Å². The second-order valence-electron chi connectivity index (χ2n) is 7.01. The second-order valence-corrected chi connectivity index (χ2v) is 7.41. The van der Waals surface area contributed by atoms with Crippen LogP contribution in [0.1, 0.15) is 12.8 Å². The molecule has 1 aliphatic rings. The summed E-state index contributed by atoms with van der Waals surface area (Å²) in [6.45, 7) is 1.39. The molecular formula is C22H20ClFN4O. The van der Waals surface area contributed by atoms with Crippen LogP contribution in [0.4, 0.5) is 15.9 Å². The van der Waals surface area contributed by atoms with E-state index < -0.39 is 5.82 Å².